The second kappa shape index (κ2) is 7.21. The topological polar surface area (TPSA) is 117 Å². The van der Waals surface area contributed by atoms with Crippen LogP contribution in [0.3, 0.4) is 0 Å². The summed E-state index contributed by atoms with van der Waals surface area (Å²) in [5.74, 6) is -3.69. The Morgan fingerprint density at radius 3 is 2.33 bits per heavy atom. The van der Waals surface area contributed by atoms with Crippen molar-refractivity contribution in [2.45, 2.75) is 48.9 Å². The third-order valence-corrected chi connectivity index (χ3v) is 7.07. The highest BCUT2D eigenvalue weighted by Gasteiger charge is 2.47. The van der Waals surface area contributed by atoms with Crippen LogP contribution in [0, 0.1) is 11.3 Å². The first-order chi connectivity index (χ1) is 12.4. The van der Waals surface area contributed by atoms with E-state index in [-0.39, 0.29) is 5.75 Å². The Labute approximate surface area is 156 Å². The Morgan fingerprint density at radius 2 is 1.89 bits per heavy atom. The second-order valence-corrected chi connectivity index (χ2v) is 9.91. The quantitative estimate of drug-likeness (QED) is 0.685. The van der Waals surface area contributed by atoms with Crippen molar-refractivity contribution in [2.75, 3.05) is 11.8 Å². The second-order valence-electron chi connectivity index (χ2n) is 6.47. The van der Waals surface area contributed by atoms with Gasteiger partial charge >= 0.3 is 5.76 Å². The van der Waals surface area contributed by atoms with Crippen LogP contribution in [0.15, 0.2) is 23.1 Å². The number of rotatable bonds is 8. The third kappa shape index (κ3) is 4.31. The fourth-order valence-electron chi connectivity index (χ4n) is 2.56. The normalized spacial score (nSPS) is 15.6. The first-order valence-electron chi connectivity index (χ1n) is 7.80. The molecule has 0 heterocycles. The first kappa shape index (κ1) is 21.3. The van der Waals surface area contributed by atoms with Gasteiger partial charge in [0.05, 0.1) is 18.9 Å². The van der Waals surface area contributed by atoms with Gasteiger partial charge in [0, 0.05) is 12.1 Å². The number of nitriles is 1. The fourth-order valence-corrected chi connectivity index (χ4v) is 5.27. The summed E-state index contributed by atoms with van der Waals surface area (Å²) in [4.78, 5) is -0.539. The molecule has 1 saturated carbocycles. The van der Waals surface area contributed by atoms with E-state index < -0.39 is 48.0 Å². The molecule has 1 fully saturated rings. The van der Waals surface area contributed by atoms with E-state index in [0.29, 0.717) is 12.8 Å². The van der Waals surface area contributed by atoms with E-state index >= 15 is 0 Å². The van der Waals surface area contributed by atoms with Crippen molar-refractivity contribution in [2.24, 2.45) is 0 Å². The smallest absolute Gasteiger partial charge is 0.355 e. The molecule has 1 aliphatic rings. The molecule has 150 valence electrons. The summed E-state index contributed by atoms with van der Waals surface area (Å²) in [5.41, 5.74) is -1.99. The largest absolute Gasteiger partial charge is 0.497 e. The van der Waals surface area contributed by atoms with Crippen LogP contribution < -0.4 is 9.46 Å². The lowest BCUT2D eigenvalue weighted by atomic mass is 10.1. The van der Waals surface area contributed by atoms with Crippen LogP contribution in [0.25, 0.3) is 0 Å². The molecule has 0 amide bonds. The van der Waals surface area contributed by atoms with E-state index in [1.165, 1.54) is 27.0 Å². The van der Waals surface area contributed by atoms with Gasteiger partial charge in [0.2, 0.25) is 10.0 Å². The number of nitrogens with one attached hydrogen (secondary N) is 1. The summed E-state index contributed by atoms with van der Waals surface area (Å²) < 4.78 is 82.6. The van der Waals surface area contributed by atoms with Crippen LogP contribution in [0.5, 0.6) is 5.75 Å². The van der Waals surface area contributed by atoms with Gasteiger partial charge in [-0.3, -0.25) is 4.72 Å². The van der Waals surface area contributed by atoms with Crippen molar-refractivity contribution >= 4 is 25.7 Å². The Balaban J connectivity index is 2.64. The number of nitrogens with zero attached hydrogens (tertiary/aromatic N) is 2. The lowest BCUT2D eigenvalue weighted by Gasteiger charge is -2.32. The van der Waals surface area contributed by atoms with Gasteiger partial charge in [0.15, 0.2) is 0 Å². The average molecular weight is 423 g/mol. The molecule has 8 nitrogen and oxygen atoms in total. The SMILES string of the molecule is COc1ccc(S(=O)(=O)N(C2CC2)C(C)(C)C#N)c(NS(=O)(=O)C(F)F)c1. The van der Waals surface area contributed by atoms with E-state index in [0.717, 1.165) is 16.4 Å². The molecule has 0 unspecified atom stereocenters. The third-order valence-electron chi connectivity index (χ3n) is 3.91. The molecule has 0 radical (unpaired) electrons. The lowest BCUT2D eigenvalue weighted by molar-refractivity contribution is 0.236. The number of hydrogen-bond donors (Lipinski definition) is 1. The van der Waals surface area contributed by atoms with Crippen LogP contribution in [0.1, 0.15) is 26.7 Å². The van der Waals surface area contributed by atoms with E-state index in [9.17, 15) is 30.9 Å². The Morgan fingerprint density at radius 1 is 1.30 bits per heavy atom. The summed E-state index contributed by atoms with van der Waals surface area (Å²) >= 11 is 0. The maximum atomic E-state index is 13.2. The number of methoxy groups -OCH3 is 1. The Hall–Kier alpha value is -1.97. The summed E-state index contributed by atoms with van der Waals surface area (Å²) in [7, 11) is -8.24. The van der Waals surface area contributed by atoms with Crippen LogP contribution in [0.2, 0.25) is 0 Å². The van der Waals surface area contributed by atoms with Crippen molar-refractivity contribution in [3.05, 3.63) is 18.2 Å². The molecular weight excluding hydrogens is 404 g/mol. The van der Waals surface area contributed by atoms with Gasteiger partial charge in [-0.2, -0.15) is 18.3 Å². The molecule has 1 aromatic rings. The van der Waals surface area contributed by atoms with Crippen molar-refractivity contribution in [1.82, 2.24) is 4.31 Å². The minimum atomic E-state index is -5.12. The van der Waals surface area contributed by atoms with Crippen LogP contribution in [-0.4, -0.2) is 45.6 Å². The van der Waals surface area contributed by atoms with Gasteiger partial charge in [0.25, 0.3) is 10.0 Å². The fraction of sp³-hybridized carbons (Fsp3) is 0.533. The van der Waals surface area contributed by atoms with Crippen LogP contribution >= 0.6 is 0 Å². The zero-order valence-electron chi connectivity index (χ0n) is 14.8. The first-order valence-corrected chi connectivity index (χ1v) is 10.8. The number of sulfonamides is 2. The zero-order valence-corrected chi connectivity index (χ0v) is 16.4. The van der Waals surface area contributed by atoms with Gasteiger partial charge in [-0.05, 0) is 38.8 Å². The monoisotopic (exact) mass is 423 g/mol. The van der Waals surface area contributed by atoms with Crippen molar-refractivity contribution in [1.29, 1.82) is 5.26 Å². The number of anilines is 1. The van der Waals surface area contributed by atoms with E-state index in [1.54, 1.807) is 4.72 Å². The van der Waals surface area contributed by atoms with Crippen molar-refractivity contribution < 1.29 is 30.4 Å². The van der Waals surface area contributed by atoms with E-state index in [2.05, 4.69) is 0 Å². The molecule has 0 saturated heterocycles. The summed E-state index contributed by atoms with van der Waals surface area (Å²) in [5, 5.41) is 9.38. The molecule has 1 N–H and O–H groups in total. The molecule has 0 atom stereocenters. The number of hydrogen-bond acceptors (Lipinski definition) is 6. The molecule has 27 heavy (non-hydrogen) atoms. The summed E-state index contributed by atoms with van der Waals surface area (Å²) in [6.07, 6.45) is 1.08. The minimum Gasteiger partial charge on any atom is -0.497 e. The molecular formula is C15H19F2N3O5S2. The minimum absolute atomic E-state index is 0.0680. The highest BCUT2D eigenvalue weighted by molar-refractivity contribution is 7.93. The van der Waals surface area contributed by atoms with Gasteiger partial charge in [0.1, 0.15) is 16.2 Å². The van der Waals surface area contributed by atoms with Crippen LogP contribution in [-0.2, 0) is 20.0 Å². The van der Waals surface area contributed by atoms with Gasteiger partial charge in [-0.15, -0.1) is 0 Å². The highest BCUT2D eigenvalue weighted by atomic mass is 32.2. The molecule has 1 aromatic carbocycles. The summed E-state index contributed by atoms with van der Waals surface area (Å²) in [6.45, 7) is 2.82. The average Bonchev–Trinajstić information content (AvgIpc) is 3.38. The van der Waals surface area contributed by atoms with Crippen LogP contribution in [0.4, 0.5) is 14.5 Å². The van der Waals surface area contributed by atoms with E-state index in [1.807, 2.05) is 6.07 Å². The predicted octanol–water partition coefficient (Wildman–Crippen LogP) is 2.11. The van der Waals surface area contributed by atoms with Gasteiger partial charge in [-0.25, -0.2) is 16.8 Å². The number of halogens is 2. The highest BCUT2D eigenvalue weighted by Crippen LogP contribution is 2.40. The zero-order chi connectivity index (χ0) is 20.6. The molecule has 1 aliphatic carbocycles. The van der Waals surface area contributed by atoms with Crippen molar-refractivity contribution in [3.8, 4) is 11.8 Å². The molecule has 0 aromatic heterocycles. The van der Waals surface area contributed by atoms with E-state index in [4.69, 9.17) is 4.74 Å². The van der Waals surface area contributed by atoms with Gasteiger partial charge < -0.3 is 4.74 Å². The van der Waals surface area contributed by atoms with Gasteiger partial charge in [-0.1, -0.05) is 0 Å². The molecule has 0 bridgehead atoms. The number of benzene rings is 1. The van der Waals surface area contributed by atoms with Crippen molar-refractivity contribution in [3.63, 3.8) is 0 Å². The molecule has 12 heteroatoms. The maximum absolute atomic E-state index is 13.2. The maximum Gasteiger partial charge on any atom is 0.355 e. The Bertz CT molecular complexity index is 968. The molecule has 0 spiro atoms. The standard InChI is InChI=1S/C15H19F2N3O5S2/c1-15(2,9-18)20(10-4-5-10)27(23,24)13-7-6-11(25-3)8-12(13)19-26(21,22)14(16)17/h6-8,10,14,19H,4-5H2,1-3H3. The number of ether oxygens (including phenoxy) is 1. The lowest BCUT2D eigenvalue weighted by Crippen LogP contribution is -2.48. The molecule has 0 aliphatic heterocycles. The number of alkyl halides is 2. The predicted molar refractivity (Wildman–Crippen MR) is 93.3 cm³/mol. The Kier molecular flexibility index (Phi) is 5.70. The molecule has 2 rings (SSSR count). The summed E-state index contributed by atoms with van der Waals surface area (Å²) in [6, 6.07) is 4.80.